The fourth-order valence-corrected chi connectivity index (χ4v) is 3.35. The fourth-order valence-electron chi connectivity index (χ4n) is 3.35. The van der Waals surface area contributed by atoms with Gasteiger partial charge in [-0.05, 0) is 64.5 Å². The zero-order valence-electron chi connectivity index (χ0n) is 17.1. The van der Waals surface area contributed by atoms with Gasteiger partial charge in [-0.3, -0.25) is 14.4 Å². The first-order chi connectivity index (χ1) is 13.9. The molecule has 0 radical (unpaired) electrons. The molecule has 0 unspecified atom stereocenters. The number of likely N-dealkylation sites (N-methyl/N-ethyl adjacent to an activating group) is 1. The fraction of sp³-hybridized carbons (Fsp3) is 0.429. The van der Waals surface area contributed by atoms with E-state index in [4.69, 9.17) is 0 Å². The number of fused-ring (bicyclic) bond motifs is 1. The van der Waals surface area contributed by atoms with Crippen molar-refractivity contribution in [3.05, 3.63) is 47.0 Å². The van der Waals surface area contributed by atoms with Crippen LogP contribution in [0.2, 0.25) is 0 Å². The van der Waals surface area contributed by atoms with Crippen molar-refractivity contribution in [2.75, 3.05) is 32.5 Å². The number of hydrogen-bond acceptors (Lipinski definition) is 5. The molecule has 2 aromatic rings. The van der Waals surface area contributed by atoms with E-state index >= 15 is 0 Å². The van der Waals surface area contributed by atoms with E-state index in [0.29, 0.717) is 30.0 Å². The van der Waals surface area contributed by atoms with E-state index in [1.165, 1.54) is 6.92 Å². The van der Waals surface area contributed by atoms with Crippen LogP contribution >= 0.6 is 0 Å². The van der Waals surface area contributed by atoms with Crippen molar-refractivity contribution in [3.8, 4) is 0 Å². The predicted octanol–water partition coefficient (Wildman–Crippen LogP) is 1.97. The lowest BCUT2D eigenvalue weighted by Crippen LogP contribution is -2.32. The molecule has 0 saturated heterocycles. The summed E-state index contributed by atoms with van der Waals surface area (Å²) in [6.45, 7) is 3.41. The standard InChI is InChI=1S/C21H27N5O3/c1-14(27)15-7-9-16(10-8-15)23-21(29)19-24-18(17-6-4-5-12-26(17)19)20(28)22-11-13-25(2)3/h7-10H,4-6,11-13H2,1-3H3,(H,22,28)(H,23,29). The lowest BCUT2D eigenvalue weighted by molar-refractivity contribution is 0.0944. The summed E-state index contributed by atoms with van der Waals surface area (Å²) in [6, 6.07) is 6.71. The second kappa shape index (κ2) is 9.00. The van der Waals surface area contributed by atoms with Gasteiger partial charge >= 0.3 is 0 Å². The Morgan fingerprint density at radius 2 is 1.83 bits per heavy atom. The molecule has 0 fully saturated rings. The maximum Gasteiger partial charge on any atom is 0.291 e. The number of aromatic nitrogens is 2. The van der Waals surface area contributed by atoms with Gasteiger partial charge in [0.15, 0.2) is 11.6 Å². The minimum Gasteiger partial charge on any atom is -0.349 e. The van der Waals surface area contributed by atoms with Crippen LogP contribution in [0.1, 0.15) is 56.9 Å². The van der Waals surface area contributed by atoms with Crippen molar-refractivity contribution in [2.24, 2.45) is 0 Å². The largest absolute Gasteiger partial charge is 0.349 e. The van der Waals surface area contributed by atoms with Gasteiger partial charge in [0, 0.05) is 30.9 Å². The van der Waals surface area contributed by atoms with Crippen molar-refractivity contribution in [3.63, 3.8) is 0 Å². The number of nitrogens with one attached hydrogen (secondary N) is 2. The average molecular weight is 397 g/mol. The monoisotopic (exact) mass is 397 g/mol. The Labute approximate surface area is 170 Å². The second-order valence-corrected chi connectivity index (χ2v) is 7.49. The minimum atomic E-state index is -0.365. The summed E-state index contributed by atoms with van der Waals surface area (Å²) >= 11 is 0. The van der Waals surface area contributed by atoms with Crippen LogP contribution in [0.5, 0.6) is 0 Å². The lowest BCUT2D eigenvalue weighted by atomic mass is 10.1. The van der Waals surface area contributed by atoms with E-state index in [-0.39, 0.29) is 23.4 Å². The Morgan fingerprint density at radius 3 is 2.48 bits per heavy atom. The van der Waals surface area contributed by atoms with E-state index in [2.05, 4.69) is 15.6 Å². The van der Waals surface area contributed by atoms with Gasteiger partial charge in [-0.1, -0.05) is 0 Å². The molecule has 0 bridgehead atoms. The van der Waals surface area contributed by atoms with Gasteiger partial charge in [-0.25, -0.2) is 4.98 Å². The molecule has 8 heteroatoms. The van der Waals surface area contributed by atoms with Gasteiger partial charge in [0.1, 0.15) is 5.69 Å². The van der Waals surface area contributed by atoms with E-state index in [9.17, 15) is 14.4 Å². The van der Waals surface area contributed by atoms with Gasteiger partial charge in [0.2, 0.25) is 0 Å². The van der Waals surface area contributed by atoms with Crippen molar-refractivity contribution in [1.29, 1.82) is 0 Å². The van der Waals surface area contributed by atoms with Gasteiger partial charge in [0.05, 0.1) is 5.69 Å². The van der Waals surface area contributed by atoms with Crippen LogP contribution in [0.4, 0.5) is 5.69 Å². The Balaban J connectivity index is 1.79. The third-order valence-electron chi connectivity index (χ3n) is 4.93. The summed E-state index contributed by atoms with van der Waals surface area (Å²) in [4.78, 5) is 43.3. The molecule has 1 aliphatic rings. The third-order valence-corrected chi connectivity index (χ3v) is 4.93. The zero-order valence-corrected chi connectivity index (χ0v) is 17.1. The van der Waals surface area contributed by atoms with E-state index in [1.54, 1.807) is 24.3 Å². The van der Waals surface area contributed by atoms with Crippen LogP contribution in [0.15, 0.2) is 24.3 Å². The van der Waals surface area contributed by atoms with Crippen molar-refractivity contribution < 1.29 is 14.4 Å². The van der Waals surface area contributed by atoms with Crippen LogP contribution in [-0.4, -0.2) is 59.2 Å². The molecule has 0 spiro atoms. The van der Waals surface area contributed by atoms with Crippen LogP contribution < -0.4 is 10.6 Å². The summed E-state index contributed by atoms with van der Waals surface area (Å²) in [7, 11) is 3.88. The number of carbonyl (C=O) groups excluding carboxylic acids is 3. The van der Waals surface area contributed by atoms with Gasteiger partial charge in [-0.15, -0.1) is 0 Å². The van der Waals surface area contributed by atoms with Crippen LogP contribution in [0.3, 0.4) is 0 Å². The van der Waals surface area contributed by atoms with Crippen molar-refractivity contribution >= 4 is 23.3 Å². The van der Waals surface area contributed by atoms with E-state index in [1.807, 2.05) is 23.6 Å². The first kappa shape index (κ1) is 20.7. The molecule has 2 amide bonds. The van der Waals surface area contributed by atoms with E-state index in [0.717, 1.165) is 31.5 Å². The summed E-state index contributed by atoms with van der Waals surface area (Å²) in [5, 5.41) is 5.69. The molecule has 8 nitrogen and oxygen atoms in total. The summed E-state index contributed by atoms with van der Waals surface area (Å²) in [5.41, 5.74) is 2.30. The molecule has 2 N–H and O–H groups in total. The van der Waals surface area contributed by atoms with Gasteiger partial charge in [0.25, 0.3) is 11.8 Å². The molecular formula is C21H27N5O3. The highest BCUT2D eigenvalue weighted by Gasteiger charge is 2.27. The zero-order chi connectivity index (χ0) is 21.0. The van der Waals surface area contributed by atoms with Crippen molar-refractivity contribution in [1.82, 2.24) is 19.8 Å². The first-order valence-electron chi connectivity index (χ1n) is 9.81. The van der Waals surface area contributed by atoms with Crippen LogP contribution in [-0.2, 0) is 13.0 Å². The summed E-state index contributed by atoms with van der Waals surface area (Å²) < 4.78 is 1.85. The number of amides is 2. The Bertz CT molecular complexity index is 915. The maximum atomic E-state index is 12.8. The minimum absolute atomic E-state index is 0.0323. The van der Waals surface area contributed by atoms with Crippen molar-refractivity contribution in [2.45, 2.75) is 32.7 Å². The van der Waals surface area contributed by atoms with E-state index < -0.39 is 0 Å². The van der Waals surface area contributed by atoms with Gasteiger partial charge in [-0.2, -0.15) is 0 Å². The molecule has 154 valence electrons. The third kappa shape index (κ3) is 4.89. The topological polar surface area (TPSA) is 96.3 Å². The lowest BCUT2D eigenvalue weighted by Gasteiger charge is -2.17. The highest BCUT2D eigenvalue weighted by Crippen LogP contribution is 2.22. The first-order valence-corrected chi connectivity index (χ1v) is 9.81. The predicted molar refractivity (Wildman–Crippen MR) is 110 cm³/mol. The number of anilines is 1. The molecule has 3 rings (SSSR count). The molecular weight excluding hydrogens is 370 g/mol. The Hall–Kier alpha value is -3.00. The second-order valence-electron chi connectivity index (χ2n) is 7.49. The Morgan fingerprint density at radius 1 is 1.10 bits per heavy atom. The molecule has 2 heterocycles. The molecule has 1 aliphatic heterocycles. The summed E-state index contributed by atoms with van der Waals surface area (Å²) in [5.74, 6) is -0.401. The number of rotatable bonds is 7. The number of hydrogen-bond donors (Lipinski definition) is 2. The van der Waals surface area contributed by atoms with Crippen LogP contribution in [0.25, 0.3) is 0 Å². The summed E-state index contributed by atoms with van der Waals surface area (Å²) in [6.07, 6.45) is 2.64. The highest BCUT2D eigenvalue weighted by atomic mass is 16.2. The number of benzene rings is 1. The molecule has 0 atom stereocenters. The SMILES string of the molecule is CC(=O)c1ccc(NC(=O)c2nc(C(=O)NCCN(C)C)c3n2CCCC3)cc1. The maximum absolute atomic E-state index is 12.8. The molecule has 1 aromatic heterocycles. The number of nitrogens with zero attached hydrogens (tertiary/aromatic N) is 3. The Kier molecular flexibility index (Phi) is 6.43. The molecule has 29 heavy (non-hydrogen) atoms. The van der Waals surface area contributed by atoms with Crippen LogP contribution in [0, 0.1) is 0 Å². The number of Topliss-reactive ketones (excluding diaryl/α,β-unsaturated/α-hetero) is 1. The molecule has 0 saturated carbocycles. The molecule has 0 aliphatic carbocycles. The quantitative estimate of drug-likeness (QED) is 0.697. The van der Waals surface area contributed by atoms with Gasteiger partial charge < -0.3 is 20.1 Å². The number of imidazole rings is 1. The normalized spacial score (nSPS) is 13.1. The molecule has 1 aromatic carbocycles. The smallest absolute Gasteiger partial charge is 0.291 e. The average Bonchev–Trinajstić information content (AvgIpc) is 3.08. The highest BCUT2D eigenvalue weighted by molar-refractivity contribution is 6.04. The number of carbonyl (C=O) groups is 3. The number of ketones is 1.